The van der Waals surface area contributed by atoms with E-state index in [-0.39, 0.29) is 0 Å². The molecule has 0 atom stereocenters. The zero-order valence-corrected chi connectivity index (χ0v) is 11.8. The monoisotopic (exact) mass is 323 g/mol. The van der Waals surface area contributed by atoms with Crippen molar-refractivity contribution in [1.29, 1.82) is 0 Å². The molecule has 120 valence electrons. The molecule has 0 saturated carbocycles. The Hall–Kier alpha value is -2.78. The van der Waals surface area contributed by atoms with E-state index in [9.17, 15) is 13.2 Å². The SMILES string of the molecule is NC1=NCN(CCc2cnc(C(F)(F)F)nc2)c2nccnc21. The topological polar surface area (TPSA) is 93.2 Å². The number of halogens is 3. The van der Waals surface area contributed by atoms with Gasteiger partial charge in [-0.3, -0.25) is 0 Å². The lowest BCUT2D eigenvalue weighted by Crippen LogP contribution is -2.35. The highest BCUT2D eigenvalue weighted by Crippen LogP contribution is 2.25. The van der Waals surface area contributed by atoms with Gasteiger partial charge in [-0.15, -0.1) is 0 Å². The smallest absolute Gasteiger partial charge is 0.382 e. The van der Waals surface area contributed by atoms with Crippen molar-refractivity contribution in [2.75, 3.05) is 18.1 Å². The number of hydrogen-bond acceptors (Lipinski definition) is 7. The molecule has 0 aromatic carbocycles. The molecular formula is C13H12F3N7. The molecule has 0 spiro atoms. The number of amidine groups is 1. The van der Waals surface area contributed by atoms with Crippen LogP contribution in [0, 0.1) is 0 Å². The van der Waals surface area contributed by atoms with E-state index in [1.807, 2.05) is 4.90 Å². The van der Waals surface area contributed by atoms with E-state index in [4.69, 9.17) is 5.73 Å². The summed E-state index contributed by atoms with van der Waals surface area (Å²) >= 11 is 0. The van der Waals surface area contributed by atoms with Crippen molar-refractivity contribution in [2.45, 2.75) is 12.6 Å². The van der Waals surface area contributed by atoms with E-state index in [1.165, 1.54) is 18.6 Å². The summed E-state index contributed by atoms with van der Waals surface area (Å²) in [6.45, 7) is 0.802. The molecule has 0 saturated heterocycles. The van der Waals surface area contributed by atoms with Gasteiger partial charge in [0.15, 0.2) is 5.82 Å². The second-order valence-electron chi connectivity index (χ2n) is 4.84. The first kappa shape index (κ1) is 15.1. The fraction of sp³-hybridized carbons (Fsp3) is 0.308. The van der Waals surface area contributed by atoms with Gasteiger partial charge in [0.25, 0.3) is 0 Å². The Balaban J connectivity index is 1.70. The van der Waals surface area contributed by atoms with Crippen molar-refractivity contribution in [2.24, 2.45) is 10.7 Å². The Labute approximate surface area is 129 Å². The summed E-state index contributed by atoms with van der Waals surface area (Å²) in [4.78, 5) is 21.0. The molecule has 0 amide bonds. The molecule has 2 aromatic rings. The van der Waals surface area contributed by atoms with E-state index < -0.39 is 12.0 Å². The predicted octanol–water partition coefficient (Wildman–Crippen LogP) is 1.01. The quantitative estimate of drug-likeness (QED) is 0.906. The summed E-state index contributed by atoms with van der Waals surface area (Å²) in [5.41, 5.74) is 6.86. The minimum absolute atomic E-state index is 0.318. The third kappa shape index (κ3) is 3.20. The molecule has 1 aliphatic heterocycles. The van der Waals surface area contributed by atoms with Crippen LogP contribution in [0.2, 0.25) is 0 Å². The summed E-state index contributed by atoms with van der Waals surface area (Å²) < 4.78 is 37.3. The summed E-state index contributed by atoms with van der Waals surface area (Å²) in [7, 11) is 0. The maximum atomic E-state index is 12.4. The number of anilines is 1. The maximum absolute atomic E-state index is 12.4. The van der Waals surface area contributed by atoms with Gasteiger partial charge in [-0.05, 0) is 12.0 Å². The summed E-state index contributed by atoms with van der Waals surface area (Å²) in [6, 6.07) is 0. The van der Waals surface area contributed by atoms with Crippen LogP contribution in [-0.2, 0) is 12.6 Å². The van der Waals surface area contributed by atoms with Gasteiger partial charge in [-0.2, -0.15) is 13.2 Å². The maximum Gasteiger partial charge on any atom is 0.451 e. The minimum Gasteiger partial charge on any atom is -0.382 e. The molecule has 23 heavy (non-hydrogen) atoms. The second-order valence-corrected chi connectivity index (χ2v) is 4.84. The van der Waals surface area contributed by atoms with Crippen molar-refractivity contribution in [3.05, 3.63) is 41.9 Å². The van der Waals surface area contributed by atoms with Gasteiger partial charge < -0.3 is 10.6 Å². The highest BCUT2D eigenvalue weighted by atomic mass is 19.4. The lowest BCUT2D eigenvalue weighted by atomic mass is 10.2. The Morgan fingerprint density at radius 3 is 2.48 bits per heavy atom. The molecular weight excluding hydrogens is 311 g/mol. The van der Waals surface area contributed by atoms with Crippen LogP contribution in [0.1, 0.15) is 17.1 Å². The van der Waals surface area contributed by atoms with Crippen molar-refractivity contribution >= 4 is 11.7 Å². The molecule has 2 aromatic heterocycles. The highest BCUT2D eigenvalue weighted by Gasteiger charge is 2.34. The van der Waals surface area contributed by atoms with Crippen molar-refractivity contribution in [3.63, 3.8) is 0 Å². The number of aliphatic imine (C=N–C) groups is 1. The molecule has 10 heteroatoms. The van der Waals surface area contributed by atoms with Gasteiger partial charge in [0, 0.05) is 31.3 Å². The first-order valence-electron chi connectivity index (χ1n) is 6.69. The second kappa shape index (κ2) is 5.78. The average molecular weight is 323 g/mol. The Bertz CT molecular complexity index is 727. The van der Waals surface area contributed by atoms with Crippen LogP contribution in [0.3, 0.4) is 0 Å². The molecule has 0 radical (unpaired) electrons. The van der Waals surface area contributed by atoms with Gasteiger partial charge in [0.1, 0.15) is 18.2 Å². The summed E-state index contributed by atoms with van der Waals surface area (Å²) in [5.74, 6) is -0.220. The summed E-state index contributed by atoms with van der Waals surface area (Å²) in [6.07, 6.45) is 1.33. The third-order valence-corrected chi connectivity index (χ3v) is 3.26. The number of rotatable bonds is 3. The lowest BCUT2D eigenvalue weighted by molar-refractivity contribution is -0.145. The zero-order chi connectivity index (χ0) is 16.4. The average Bonchev–Trinajstić information content (AvgIpc) is 2.54. The number of hydrogen-bond donors (Lipinski definition) is 1. The van der Waals surface area contributed by atoms with Gasteiger partial charge in [0.2, 0.25) is 5.82 Å². The van der Waals surface area contributed by atoms with E-state index in [2.05, 4.69) is 24.9 Å². The largest absolute Gasteiger partial charge is 0.451 e. The first-order chi connectivity index (χ1) is 10.9. The first-order valence-corrected chi connectivity index (χ1v) is 6.69. The van der Waals surface area contributed by atoms with Crippen LogP contribution >= 0.6 is 0 Å². The van der Waals surface area contributed by atoms with Crippen molar-refractivity contribution < 1.29 is 13.2 Å². The number of fused-ring (bicyclic) bond motifs is 1. The van der Waals surface area contributed by atoms with Gasteiger partial charge in [-0.1, -0.05) is 0 Å². The third-order valence-electron chi connectivity index (χ3n) is 3.26. The highest BCUT2D eigenvalue weighted by molar-refractivity contribution is 6.01. The van der Waals surface area contributed by atoms with Gasteiger partial charge >= 0.3 is 6.18 Å². The van der Waals surface area contributed by atoms with E-state index in [1.54, 1.807) is 6.20 Å². The Morgan fingerprint density at radius 1 is 1.09 bits per heavy atom. The van der Waals surface area contributed by atoms with Crippen LogP contribution < -0.4 is 10.6 Å². The van der Waals surface area contributed by atoms with E-state index >= 15 is 0 Å². The molecule has 3 heterocycles. The van der Waals surface area contributed by atoms with Crippen molar-refractivity contribution in [3.8, 4) is 0 Å². The molecule has 0 bridgehead atoms. The molecule has 7 nitrogen and oxygen atoms in total. The number of aromatic nitrogens is 4. The number of nitrogens with two attached hydrogens (primary N) is 1. The number of alkyl halides is 3. The van der Waals surface area contributed by atoms with Gasteiger partial charge in [0.05, 0.1) is 0 Å². The Morgan fingerprint density at radius 2 is 1.78 bits per heavy atom. The standard InChI is InChI=1S/C13H12F3N7/c14-13(15,16)12-20-5-8(6-21-12)1-4-23-7-22-10(17)9-11(23)19-3-2-18-9/h2-3,5-6H,1,4,7H2,(H2,17,22). The molecule has 3 rings (SSSR count). The Kier molecular flexibility index (Phi) is 3.80. The zero-order valence-electron chi connectivity index (χ0n) is 11.8. The van der Waals surface area contributed by atoms with Crippen LogP contribution in [0.5, 0.6) is 0 Å². The normalized spacial score (nSPS) is 14.4. The molecule has 0 unspecified atom stereocenters. The van der Waals surface area contributed by atoms with Gasteiger partial charge in [-0.25, -0.2) is 24.9 Å². The predicted molar refractivity (Wildman–Crippen MR) is 75.7 cm³/mol. The van der Waals surface area contributed by atoms with E-state index in [0.29, 0.717) is 42.5 Å². The lowest BCUT2D eigenvalue weighted by Gasteiger charge is -2.26. The summed E-state index contributed by atoms with van der Waals surface area (Å²) in [5, 5.41) is 0. The van der Waals surface area contributed by atoms with Crippen LogP contribution in [0.4, 0.5) is 19.0 Å². The van der Waals surface area contributed by atoms with Crippen LogP contribution in [0.15, 0.2) is 29.8 Å². The molecule has 0 fully saturated rings. The molecule has 1 aliphatic rings. The number of nitrogens with zero attached hydrogens (tertiary/aromatic N) is 6. The van der Waals surface area contributed by atoms with Crippen molar-refractivity contribution in [1.82, 2.24) is 19.9 Å². The molecule has 0 aliphatic carbocycles. The minimum atomic E-state index is -4.54. The fourth-order valence-electron chi connectivity index (χ4n) is 2.12. The molecule has 2 N–H and O–H groups in total. The van der Waals surface area contributed by atoms with E-state index in [0.717, 1.165) is 0 Å². The fourth-order valence-corrected chi connectivity index (χ4v) is 2.12. The van der Waals surface area contributed by atoms with Crippen LogP contribution in [-0.4, -0.2) is 39.0 Å². The van der Waals surface area contributed by atoms with Crippen LogP contribution in [0.25, 0.3) is 0 Å².